The van der Waals surface area contributed by atoms with Crippen molar-refractivity contribution < 1.29 is 9.53 Å². The molecule has 0 fully saturated rings. The van der Waals surface area contributed by atoms with Crippen molar-refractivity contribution in [3.05, 3.63) is 34.7 Å². The van der Waals surface area contributed by atoms with E-state index in [-0.39, 0.29) is 12.1 Å². The van der Waals surface area contributed by atoms with Crippen LogP contribution in [0, 0.1) is 0 Å². The predicted octanol–water partition coefficient (Wildman–Crippen LogP) is 1.43. The van der Waals surface area contributed by atoms with Gasteiger partial charge in [0, 0.05) is 16.9 Å². The number of halogens is 1. The van der Waals surface area contributed by atoms with Crippen molar-refractivity contribution in [3.8, 4) is 0 Å². The lowest BCUT2D eigenvalue weighted by Gasteiger charge is -2.25. The van der Waals surface area contributed by atoms with Crippen LogP contribution in [0.1, 0.15) is 6.92 Å². The second kappa shape index (κ2) is 4.10. The first-order valence-electron chi connectivity index (χ1n) is 4.69. The van der Waals surface area contributed by atoms with Gasteiger partial charge in [-0.25, -0.2) is 4.79 Å². The summed E-state index contributed by atoms with van der Waals surface area (Å²) in [5.41, 5.74) is 0.536. The molecular formula is C10H11BrN2O2. The number of nitrogens with zero attached hydrogens (tertiary/aromatic N) is 1. The number of esters is 1. The molecular weight excluding hydrogens is 260 g/mol. The molecule has 0 aromatic rings. The lowest BCUT2D eigenvalue weighted by molar-refractivity contribution is -0.139. The molecule has 1 unspecified atom stereocenters. The summed E-state index contributed by atoms with van der Waals surface area (Å²) in [7, 11) is 0. The molecule has 5 heteroatoms. The first-order valence-corrected chi connectivity index (χ1v) is 5.49. The third kappa shape index (κ3) is 1.92. The average Bonchev–Trinajstić information content (AvgIpc) is 2.60. The van der Waals surface area contributed by atoms with Gasteiger partial charge in [0.2, 0.25) is 0 Å². The Morgan fingerprint density at radius 3 is 3.27 bits per heavy atom. The zero-order chi connectivity index (χ0) is 10.8. The van der Waals surface area contributed by atoms with Crippen molar-refractivity contribution in [2.24, 2.45) is 0 Å². The van der Waals surface area contributed by atoms with E-state index >= 15 is 0 Å². The molecule has 0 spiro atoms. The standard InChI is InChI=1S/C10H11BrN2O2/c1-2-15-10(14)8-6-12-9-5-7(11)3-4-13(8)9/h3-6,9,12H,2H2,1H3. The number of ether oxygens (including phenoxy) is 1. The average molecular weight is 271 g/mol. The van der Waals surface area contributed by atoms with Crippen LogP contribution in [0.5, 0.6) is 0 Å². The fourth-order valence-electron chi connectivity index (χ4n) is 1.50. The van der Waals surface area contributed by atoms with E-state index in [2.05, 4.69) is 21.2 Å². The molecule has 0 aromatic heterocycles. The van der Waals surface area contributed by atoms with Crippen molar-refractivity contribution in [3.63, 3.8) is 0 Å². The van der Waals surface area contributed by atoms with Gasteiger partial charge in [0.15, 0.2) is 0 Å². The molecule has 2 heterocycles. The molecule has 2 aliphatic heterocycles. The third-order valence-corrected chi connectivity index (χ3v) is 2.69. The monoisotopic (exact) mass is 270 g/mol. The molecule has 4 nitrogen and oxygen atoms in total. The fourth-order valence-corrected chi connectivity index (χ4v) is 1.87. The van der Waals surface area contributed by atoms with Crippen LogP contribution in [-0.4, -0.2) is 23.6 Å². The molecule has 1 atom stereocenters. The number of nitrogens with one attached hydrogen (secondary N) is 1. The van der Waals surface area contributed by atoms with Gasteiger partial charge in [-0.15, -0.1) is 0 Å². The first kappa shape index (κ1) is 10.3. The molecule has 0 saturated carbocycles. The van der Waals surface area contributed by atoms with E-state index in [0.29, 0.717) is 12.3 Å². The molecule has 0 bridgehead atoms. The summed E-state index contributed by atoms with van der Waals surface area (Å²) in [6.07, 6.45) is 7.38. The minimum absolute atomic E-state index is 0.00350. The van der Waals surface area contributed by atoms with Gasteiger partial charge in [-0.05, 0) is 19.1 Å². The Morgan fingerprint density at radius 1 is 1.73 bits per heavy atom. The summed E-state index contributed by atoms with van der Waals surface area (Å²) in [4.78, 5) is 13.4. The zero-order valence-corrected chi connectivity index (χ0v) is 9.82. The van der Waals surface area contributed by atoms with Crippen LogP contribution < -0.4 is 5.32 Å². The first-order chi connectivity index (χ1) is 7.22. The highest BCUT2D eigenvalue weighted by molar-refractivity contribution is 9.11. The highest BCUT2D eigenvalue weighted by Gasteiger charge is 2.29. The number of hydrogen-bond donors (Lipinski definition) is 1. The van der Waals surface area contributed by atoms with Crippen LogP contribution in [0.15, 0.2) is 34.7 Å². The summed E-state index contributed by atoms with van der Waals surface area (Å²) in [6.45, 7) is 2.18. The Bertz CT molecular complexity index is 374. The molecule has 0 radical (unpaired) electrons. The van der Waals surface area contributed by atoms with Gasteiger partial charge in [0.25, 0.3) is 0 Å². The molecule has 1 N–H and O–H groups in total. The second-order valence-corrected chi connectivity index (χ2v) is 4.05. The number of fused-ring (bicyclic) bond motifs is 1. The lowest BCUT2D eigenvalue weighted by Crippen LogP contribution is -2.34. The topological polar surface area (TPSA) is 41.6 Å². The summed E-state index contributed by atoms with van der Waals surface area (Å²) >= 11 is 3.38. The Balaban J connectivity index is 2.13. The molecule has 0 aromatic carbocycles. The minimum atomic E-state index is -0.302. The number of carbonyl (C=O) groups excluding carboxylic acids is 1. The number of carbonyl (C=O) groups is 1. The Kier molecular flexibility index (Phi) is 2.81. The van der Waals surface area contributed by atoms with Crippen LogP contribution in [0.2, 0.25) is 0 Å². The van der Waals surface area contributed by atoms with Crippen molar-refractivity contribution in [1.29, 1.82) is 0 Å². The van der Waals surface area contributed by atoms with E-state index in [1.807, 2.05) is 23.3 Å². The number of rotatable bonds is 2. The van der Waals surface area contributed by atoms with Gasteiger partial charge in [0.05, 0.1) is 6.61 Å². The Hall–Kier alpha value is -1.23. The van der Waals surface area contributed by atoms with E-state index in [4.69, 9.17) is 4.74 Å². The smallest absolute Gasteiger partial charge is 0.356 e. The van der Waals surface area contributed by atoms with Crippen LogP contribution in [0.3, 0.4) is 0 Å². The lowest BCUT2D eigenvalue weighted by atomic mass is 10.3. The normalized spacial score (nSPS) is 22.8. The van der Waals surface area contributed by atoms with E-state index in [1.54, 1.807) is 13.1 Å². The van der Waals surface area contributed by atoms with E-state index in [9.17, 15) is 4.79 Å². The number of hydrogen-bond acceptors (Lipinski definition) is 4. The van der Waals surface area contributed by atoms with Crippen molar-refractivity contribution in [2.75, 3.05) is 6.61 Å². The van der Waals surface area contributed by atoms with Crippen LogP contribution in [0.25, 0.3) is 0 Å². The maximum atomic E-state index is 11.5. The van der Waals surface area contributed by atoms with Crippen LogP contribution >= 0.6 is 15.9 Å². The summed E-state index contributed by atoms with van der Waals surface area (Å²) < 4.78 is 5.94. The fraction of sp³-hybridized carbons (Fsp3) is 0.300. The molecule has 2 aliphatic rings. The van der Waals surface area contributed by atoms with E-state index < -0.39 is 0 Å². The van der Waals surface area contributed by atoms with Crippen molar-refractivity contribution in [2.45, 2.75) is 13.1 Å². The van der Waals surface area contributed by atoms with Crippen molar-refractivity contribution >= 4 is 21.9 Å². The van der Waals surface area contributed by atoms with E-state index in [0.717, 1.165) is 4.48 Å². The van der Waals surface area contributed by atoms with Gasteiger partial charge < -0.3 is 15.0 Å². The van der Waals surface area contributed by atoms with Gasteiger partial charge in [-0.3, -0.25) is 0 Å². The third-order valence-electron chi connectivity index (χ3n) is 2.16. The summed E-state index contributed by atoms with van der Waals surface area (Å²) in [5, 5.41) is 3.08. The maximum absolute atomic E-state index is 11.5. The molecule has 0 aliphatic carbocycles. The van der Waals surface area contributed by atoms with E-state index in [1.165, 1.54) is 0 Å². The molecule has 15 heavy (non-hydrogen) atoms. The van der Waals surface area contributed by atoms with Gasteiger partial charge >= 0.3 is 5.97 Å². The SMILES string of the molecule is CCOC(=O)C1=CNC2C=C(Br)C=CN12. The Morgan fingerprint density at radius 2 is 2.53 bits per heavy atom. The van der Waals surface area contributed by atoms with Gasteiger partial charge in [-0.2, -0.15) is 0 Å². The predicted molar refractivity (Wildman–Crippen MR) is 59.6 cm³/mol. The molecule has 0 saturated heterocycles. The largest absolute Gasteiger partial charge is 0.461 e. The highest BCUT2D eigenvalue weighted by atomic mass is 79.9. The minimum Gasteiger partial charge on any atom is -0.461 e. The quantitative estimate of drug-likeness (QED) is 0.771. The maximum Gasteiger partial charge on any atom is 0.356 e. The summed E-state index contributed by atoms with van der Waals surface area (Å²) in [5.74, 6) is -0.302. The van der Waals surface area contributed by atoms with Gasteiger partial charge in [0.1, 0.15) is 11.9 Å². The summed E-state index contributed by atoms with van der Waals surface area (Å²) in [6, 6.07) is 0. The van der Waals surface area contributed by atoms with Crippen LogP contribution in [0.4, 0.5) is 0 Å². The number of allylic oxidation sites excluding steroid dienone is 2. The molecule has 80 valence electrons. The van der Waals surface area contributed by atoms with Gasteiger partial charge in [-0.1, -0.05) is 15.9 Å². The molecule has 0 amide bonds. The second-order valence-electron chi connectivity index (χ2n) is 3.14. The Labute approximate surface area is 96.4 Å². The van der Waals surface area contributed by atoms with Crippen molar-refractivity contribution in [1.82, 2.24) is 10.2 Å². The zero-order valence-electron chi connectivity index (χ0n) is 8.24. The highest BCUT2D eigenvalue weighted by Crippen LogP contribution is 2.24. The molecule has 2 rings (SSSR count). The van der Waals surface area contributed by atoms with Crippen LogP contribution in [-0.2, 0) is 9.53 Å².